The lowest BCUT2D eigenvalue weighted by molar-refractivity contribution is -0.124. The summed E-state index contributed by atoms with van der Waals surface area (Å²) < 4.78 is 2.23. The lowest BCUT2D eigenvalue weighted by Gasteiger charge is -2.14. The van der Waals surface area contributed by atoms with Gasteiger partial charge in [-0.05, 0) is 34.4 Å². The average molecular weight is 413 g/mol. The van der Waals surface area contributed by atoms with E-state index in [0.717, 1.165) is 34.8 Å². The fourth-order valence-electron chi connectivity index (χ4n) is 4.01. The third-order valence-corrected chi connectivity index (χ3v) is 6.37. The Morgan fingerprint density at radius 3 is 2.33 bits per heavy atom. The molecule has 0 saturated carbocycles. The summed E-state index contributed by atoms with van der Waals surface area (Å²) in [7, 11) is 0. The number of thioether (sulfide) groups is 1. The van der Waals surface area contributed by atoms with Crippen LogP contribution in [0.1, 0.15) is 11.1 Å². The minimum atomic E-state index is -0.159. The molecule has 2 heterocycles. The molecule has 1 aliphatic rings. The molecule has 30 heavy (non-hydrogen) atoms. The second-order valence-electron chi connectivity index (χ2n) is 7.35. The van der Waals surface area contributed by atoms with Gasteiger partial charge >= 0.3 is 0 Å². The minimum absolute atomic E-state index is 0.113. The monoisotopic (exact) mass is 412 g/mol. The summed E-state index contributed by atoms with van der Waals surface area (Å²) >= 11 is 1.08. The van der Waals surface area contributed by atoms with Gasteiger partial charge in [0, 0.05) is 23.6 Å². The topological polar surface area (TPSA) is 42.3 Å². The first-order valence-corrected chi connectivity index (χ1v) is 10.9. The Kier molecular flexibility index (Phi) is 4.89. The molecule has 0 aliphatic carbocycles. The first-order valence-electron chi connectivity index (χ1n) is 9.88. The van der Waals surface area contributed by atoms with E-state index in [1.165, 1.54) is 21.6 Å². The van der Waals surface area contributed by atoms with Crippen molar-refractivity contribution in [3.05, 3.63) is 96.2 Å². The van der Waals surface area contributed by atoms with Gasteiger partial charge in [-0.25, -0.2) is 0 Å². The predicted octanol–water partition coefficient (Wildman–Crippen LogP) is 5.55. The molecule has 4 aromatic rings. The Labute approximate surface area is 179 Å². The van der Waals surface area contributed by atoms with Gasteiger partial charge in [-0.1, -0.05) is 78.5 Å². The van der Waals surface area contributed by atoms with Crippen LogP contribution >= 0.6 is 11.8 Å². The van der Waals surface area contributed by atoms with Crippen molar-refractivity contribution in [1.29, 1.82) is 0 Å². The summed E-state index contributed by atoms with van der Waals surface area (Å²) in [6.45, 7) is 1.07. The van der Waals surface area contributed by atoms with E-state index in [9.17, 15) is 9.59 Å². The third kappa shape index (κ3) is 3.42. The van der Waals surface area contributed by atoms with E-state index in [1.807, 2.05) is 18.2 Å². The van der Waals surface area contributed by atoms with Gasteiger partial charge in [0.15, 0.2) is 0 Å². The number of nitrogens with zero attached hydrogens (tertiary/aromatic N) is 2. The number of aromatic nitrogens is 1. The standard InChI is InChI=1S/C25H20N2O2S/c28-24-17-30-25(29)27(24)16-20-10-6-12-23-22(20)13-14-26(23)15-19-9-4-5-11-21(19)18-7-2-1-3-8-18/h1-14H,15-17H2. The summed E-state index contributed by atoms with van der Waals surface area (Å²) in [5.41, 5.74) is 5.76. The second-order valence-corrected chi connectivity index (χ2v) is 8.28. The number of carbonyl (C=O) groups is 2. The maximum atomic E-state index is 12.0. The zero-order chi connectivity index (χ0) is 20.5. The molecule has 3 aromatic carbocycles. The van der Waals surface area contributed by atoms with Crippen LogP contribution < -0.4 is 0 Å². The van der Waals surface area contributed by atoms with Crippen LogP contribution in [-0.4, -0.2) is 26.4 Å². The van der Waals surface area contributed by atoms with Crippen molar-refractivity contribution >= 4 is 33.8 Å². The third-order valence-electron chi connectivity index (χ3n) is 5.52. The molecular weight excluding hydrogens is 392 g/mol. The van der Waals surface area contributed by atoms with E-state index in [4.69, 9.17) is 0 Å². The molecule has 0 bridgehead atoms. The smallest absolute Gasteiger partial charge is 0.289 e. The van der Waals surface area contributed by atoms with Crippen LogP contribution in [0.5, 0.6) is 0 Å². The molecule has 1 aliphatic heterocycles. The maximum Gasteiger partial charge on any atom is 0.289 e. The zero-order valence-corrected chi connectivity index (χ0v) is 17.1. The Bertz CT molecular complexity index is 1230. The van der Waals surface area contributed by atoms with E-state index in [0.29, 0.717) is 6.54 Å². The highest BCUT2D eigenvalue weighted by Crippen LogP contribution is 2.28. The quantitative estimate of drug-likeness (QED) is 0.431. The van der Waals surface area contributed by atoms with Gasteiger partial charge in [0.1, 0.15) is 0 Å². The Morgan fingerprint density at radius 2 is 1.53 bits per heavy atom. The molecule has 1 saturated heterocycles. The predicted molar refractivity (Wildman–Crippen MR) is 121 cm³/mol. The van der Waals surface area contributed by atoms with Crippen molar-refractivity contribution in [2.45, 2.75) is 13.1 Å². The SMILES string of the molecule is O=C1CSC(=O)N1Cc1cccc2c1ccn2Cc1ccccc1-c1ccccc1. The second kappa shape index (κ2) is 7.84. The van der Waals surface area contributed by atoms with E-state index < -0.39 is 0 Å². The van der Waals surface area contributed by atoms with Crippen molar-refractivity contribution in [3.8, 4) is 11.1 Å². The molecule has 1 aromatic heterocycles. The lowest BCUT2D eigenvalue weighted by atomic mass is 9.99. The van der Waals surface area contributed by atoms with Crippen molar-refractivity contribution in [1.82, 2.24) is 9.47 Å². The van der Waals surface area contributed by atoms with Crippen LogP contribution in [0, 0.1) is 0 Å². The molecule has 0 unspecified atom stereocenters. The highest BCUT2D eigenvalue weighted by Gasteiger charge is 2.30. The number of hydrogen-bond donors (Lipinski definition) is 0. The van der Waals surface area contributed by atoms with Crippen molar-refractivity contribution in [2.24, 2.45) is 0 Å². The molecule has 2 amide bonds. The van der Waals surface area contributed by atoms with E-state index in [1.54, 1.807) is 0 Å². The lowest BCUT2D eigenvalue weighted by Crippen LogP contribution is -2.27. The molecule has 5 rings (SSSR count). The first-order chi connectivity index (χ1) is 14.7. The van der Waals surface area contributed by atoms with Crippen molar-refractivity contribution in [2.75, 3.05) is 5.75 Å². The van der Waals surface area contributed by atoms with E-state index in [-0.39, 0.29) is 16.9 Å². The molecule has 4 nitrogen and oxygen atoms in total. The summed E-state index contributed by atoms with van der Waals surface area (Å²) in [5.74, 6) is 0.129. The van der Waals surface area contributed by atoms with Crippen LogP contribution in [0.3, 0.4) is 0 Å². The largest absolute Gasteiger partial charge is 0.343 e. The van der Waals surface area contributed by atoms with E-state index >= 15 is 0 Å². The van der Waals surface area contributed by atoms with Gasteiger partial charge in [0.25, 0.3) is 5.24 Å². The number of rotatable bonds is 5. The van der Waals surface area contributed by atoms with Gasteiger partial charge in [-0.2, -0.15) is 0 Å². The van der Waals surface area contributed by atoms with E-state index in [2.05, 4.69) is 71.4 Å². The van der Waals surface area contributed by atoms with Crippen LogP contribution in [0.4, 0.5) is 4.79 Å². The molecule has 0 radical (unpaired) electrons. The highest BCUT2D eigenvalue weighted by atomic mass is 32.2. The molecule has 5 heteroatoms. The van der Waals surface area contributed by atoms with Gasteiger partial charge in [0.05, 0.1) is 12.3 Å². The maximum absolute atomic E-state index is 12.0. The number of carbonyl (C=O) groups excluding carboxylic acids is 2. The number of hydrogen-bond acceptors (Lipinski definition) is 3. The van der Waals surface area contributed by atoms with Crippen LogP contribution in [-0.2, 0) is 17.9 Å². The molecule has 0 N–H and O–H groups in total. The van der Waals surface area contributed by atoms with Crippen LogP contribution in [0.25, 0.3) is 22.0 Å². The van der Waals surface area contributed by atoms with Gasteiger partial charge in [-0.15, -0.1) is 0 Å². The Morgan fingerprint density at radius 1 is 0.767 bits per heavy atom. The zero-order valence-electron chi connectivity index (χ0n) is 16.3. The minimum Gasteiger partial charge on any atom is -0.343 e. The highest BCUT2D eigenvalue weighted by molar-refractivity contribution is 8.14. The Balaban J connectivity index is 1.49. The number of imide groups is 1. The van der Waals surface area contributed by atoms with Gasteiger partial charge in [0.2, 0.25) is 5.91 Å². The van der Waals surface area contributed by atoms with Crippen molar-refractivity contribution < 1.29 is 9.59 Å². The normalized spacial score (nSPS) is 14.1. The summed E-state index contributed by atoms with van der Waals surface area (Å²) in [6.07, 6.45) is 2.08. The molecule has 1 fully saturated rings. The number of benzene rings is 3. The summed E-state index contributed by atoms with van der Waals surface area (Å²) in [6, 6.07) is 27.0. The number of fused-ring (bicyclic) bond motifs is 1. The van der Waals surface area contributed by atoms with Gasteiger partial charge in [-0.3, -0.25) is 14.5 Å². The fourth-order valence-corrected chi connectivity index (χ4v) is 4.73. The number of amides is 2. The summed E-state index contributed by atoms with van der Waals surface area (Å²) in [5, 5.41) is 0.917. The Hall–Kier alpha value is -3.31. The fraction of sp³-hybridized carbons (Fsp3) is 0.120. The molecule has 148 valence electrons. The van der Waals surface area contributed by atoms with Crippen LogP contribution in [0.2, 0.25) is 0 Å². The average Bonchev–Trinajstić information content (AvgIpc) is 3.33. The van der Waals surface area contributed by atoms with Gasteiger partial charge < -0.3 is 4.57 Å². The van der Waals surface area contributed by atoms with Crippen molar-refractivity contribution in [3.63, 3.8) is 0 Å². The molecule has 0 atom stereocenters. The summed E-state index contributed by atoms with van der Waals surface area (Å²) in [4.78, 5) is 25.4. The van der Waals surface area contributed by atoms with Crippen LogP contribution in [0.15, 0.2) is 85.1 Å². The first kappa shape index (κ1) is 18.7. The molecular formula is C25H20N2O2S. The molecule has 0 spiro atoms.